The van der Waals surface area contributed by atoms with Crippen LogP contribution in [-0.4, -0.2) is 17.1 Å². The zero-order chi connectivity index (χ0) is 13.1. The second kappa shape index (κ2) is 5.04. The zero-order valence-electron chi connectivity index (χ0n) is 10.8. The van der Waals surface area contributed by atoms with Crippen LogP contribution in [0.15, 0.2) is 30.3 Å². The molecule has 4 nitrogen and oxygen atoms in total. The monoisotopic (exact) mass is 243 g/mol. The number of methoxy groups -OCH3 is 1. The van der Waals surface area contributed by atoms with Gasteiger partial charge in [-0.25, -0.2) is 9.97 Å². The number of nitrogens with two attached hydrogens (primary N) is 1. The van der Waals surface area contributed by atoms with Gasteiger partial charge in [0.15, 0.2) is 0 Å². The van der Waals surface area contributed by atoms with E-state index >= 15 is 0 Å². The van der Waals surface area contributed by atoms with E-state index in [-0.39, 0.29) is 0 Å². The van der Waals surface area contributed by atoms with Crippen LogP contribution in [0, 0.1) is 0 Å². The summed E-state index contributed by atoms with van der Waals surface area (Å²) in [6, 6.07) is 9.70. The Bertz CT molecular complexity index is 552. The molecule has 1 heterocycles. The number of ether oxygens (including phenoxy) is 1. The molecule has 1 aromatic heterocycles. The molecule has 0 radical (unpaired) electrons. The first-order valence-electron chi connectivity index (χ1n) is 5.89. The van der Waals surface area contributed by atoms with Gasteiger partial charge in [0, 0.05) is 11.3 Å². The van der Waals surface area contributed by atoms with Gasteiger partial charge < -0.3 is 10.5 Å². The van der Waals surface area contributed by atoms with Crippen molar-refractivity contribution < 1.29 is 4.74 Å². The predicted molar refractivity (Wildman–Crippen MR) is 72.5 cm³/mol. The number of nitrogens with zero attached hydrogens (tertiary/aromatic N) is 2. The fraction of sp³-hybridized carbons (Fsp3) is 0.286. The van der Waals surface area contributed by atoms with Crippen LogP contribution < -0.4 is 10.5 Å². The Hall–Kier alpha value is -2.10. The molecule has 2 rings (SSSR count). The number of para-hydroxylation sites is 1. The predicted octanol–water partition coefficient (Wildman–Crippen LogP) is 2.86. The van der Waals surface area contributed by atoms with Crippen molar-refractivity contribution in [3.05, 3.63) is 36.0 Å². The van der Waals surface area contributed by atoms with Crippen molar-refractivity contribution in [2.75, 3.05) is 12.8 Å². The van der Waals surface area contributed by atoms with E-state index in [1.54, 1.807) is 7.11 Å². The second-order valence-corrected chi connectivity index (χ2v) is 4.39. The third-order valence-electron chi connectivity index (χ3n) is 2.74. The molecular formula is C14H17N3O. The number of anilines is 1. The van der Waals surface area contributed by atoms with Crippen molar-refractivity contribution in [2.45, 2.75) is 19.8 Å². The van der Waals surface area contributed by atoms with Gasteiger partial charge in [0.1, 0.15) is 5.75 Å². The van der Waals surface area contributed by atoms with Crippen LogP contribution in [0.2, 0.25) is 0 Å². The highest BCUT2D eigenvalue weighted by Gasteiger charge is 2.11. The SMILES string of the molecule is COc1ccccc1-c1cc(C(C)C)nc(N)n1. The Morgan fingerprint density at radius 1 is 1.17 bits per heavy atom. The summed E-state index contributed by atoms with van der Waals surface area (Å²) < 4.78 is 5.34. The summed E-state index contributed by atoms with van der Waals surface area (Å²) in [5, 5.41) is 0. The first-order chi connectivity index (χ1) is 8.61. The van der Waals surface area contributed by atoms with Crippen molar-refractivity contribution in [2.24, 2.45) is 0 Å². The maximum atomic E-state index is 5.76. The summed E-state index contributed by atoms with van der Waals surface area (Å²) in [5.41, 5.74) is 8.42. The molecule has 0 saturated carbocycles. The largest absolute Gasteiger partial charge is 0.496 e. The molecule has 94 valence electrons. The molecule has 2 N–H and O–H groups in total. The van der Waals surface area contributed by atoms with Gasteiger partial charge in [-0.3, -0.25) is 0 Å². The van der Waals surface area contributed by atoms with Gasteiger partial charge in [0.05, 0.1) is 12.8 Å². The average molecular weight is 243 g/mol. The van der Waals surface area contributed by atoms with E-state index in [2.05, 4.69) is 23.8 Å². The topological polar surface area (TPSA) is 61.0 Å². The van der Waals surface area contributed by atoms with Gasteiger partial charge in [-0.2, -0.15) is 0 Å². The number of aromatic nitrogens is 2. The normalized spacial score (nSPS) is 10.7. The van der Waals surface area contributed by atoms with Gasteiger partial charge in [-0.05, 0) is 24.1 Å². The third kappa shape index (κ3) is 2.42. The minimum Gasteiger partial charge on any atom is -0.496 e. The molecule has 0 fully saturated rings. The van der Waals surface area contributed by atoms with Crippen LogP contribution >= 0.6 is 0 Å². The van der Waals surface area contributed by atoms with E-state index in [1.807, 2.05) is 30.3 Å². The minimum atomic E-state index is 0.294. The molecule has 2 aromatic rings. The molecule has 0 aliphatic heterocycles. The van der Waals surface area contributed by atoms with E-state index in [1.165, 1.54) is 0 Å². The van der Waals surface area contributed by atoms with Gasteiger partial charge in [-0.1, -0.05) is 26.0 Å². The van der Waals surface area contributed by atoms with Crippen molar-refractivity contribution in [1.82, 2.24) is 9.97 Å². The smallest absolute Gasteiger partial charge is 0.220 e. The first kappa shape index (κ1) is 12.4. The molecule has 1 aromatic carbocycles. The molecule has 0 unspecified atom stereocenters. The van der Waals surface area contributed by atoms with Crippen LogP contribution in [0.3, 0.4) is 0 Å². The molecule has 4 heteroatoms. The Kier molecular flexibility index (Phi) is 3.46. The minimum absolute atomic E-state index is 0.294. The Morgan fingerprint density at radius 2 is 1.89 bits per heavy atom. The molecular weight excluding hydrogens is 226 g/mol. The van der Waals surface area contributed by atoms with E-state index in [9.17, 15) is 0 Å². The summed E-state index contributed by atoms with van der Waals surface area (Å²) in [5.74, 6) is 1.39. The second-order valence-electron chi connectivity index (χ2n) is 4.39. The number of hydrogen-bond acceptors (Lipinski definition) is 4. The molecule has 0 atom stereocenters. The summed E-state index contributed by atoms with van der Waals surface area (Å²) in [6.45, 7) is 4.15. The Balaban J connectivity index is 2.56. The molecule has 0 amide bonds. The lowest BCUT2D eigenvalue weighted by atomic mass is 10.1. The highest BCUT2D eigenvalue weighted by Crippen LogP contribution is 2.29. The first-order valence-corrected chi connectivity index (χ1v) is 5.89. The van der Waals surface area contributed by atoms with Gasteiger partial charge in [0.25, 0.3) is 0 Å². The van der Waals surface area contributed by atoms with Crippen LogP contribution in [0.4, 0.5) is 5.95 Å². The van der Waals surface area contributed by atoms with E-state index in [0.717, 1.165) is 22.7 Å². The third-order valence-corrected chi connectivity index (χ3v) is 2.74. The van der Waals surface area contributed by atoms with Gasteiger partial charge in [0.2, 0.25) is 5.95 Å². The lowest BCUT2D eigenvalue weighted by Crippen LogP contribution is -2.02. The molecule has 0 spiro atoms. The summed E-state index contributed by atoms with van der Waals surface area (Å²) in [6.07, 6.45) is 0. The number of nitrogen functional groups attached to an aromatic ring is 1. The molecule has 0 saturated heterocycles. The summed E-state index contributed by atoms with van der Waals surface area (Å²) in [4.78, 5) is 8.52. The number of benzene rings is 1. The molecule has 18 heavy (non-hydrogen) atoms. The van der Waals surface area contributed by atoms with Crippen LogP contribution in [0.25, 0.3) is 11.3 Å². The average Bonchev–Trinajstić information content (AvgIpc) is 2.38. The maximum Gasteiger partial charge on any atom is 0.220 e. The standard InChI is InChI=1S/C14H17N3O/c1-9(2)11-8-12(17-14(15)16-11)10-6-4-5-7-13(10)18-3/h4-9H,1-3H3,(H2,15,16,17). The van der Waals surface area contributed by atoms with E-state index < -0.39 is 0 Å². The quantitative estimate of drug-likeness (QED) is 0.900. The van der Waals surface area contributed by atoms with E-state index in [0.29, 0.717) is 11.9 Å². The van der Waals surface area contributed by atoms with Gasteiger partial charge in [-0.15, -0.1) is 0 Å². The highest BCUT2D eigenvalue weighted by molar-refractivity contribution is 5.68. The van der Waals surface area contributed by atoms with Crippen LogP contribution in [0.5, 0.6) is 5.75 Å². The Labute approximate surface area is 107 Å². The van der Waals surface area contributed by atoms with Crippen molar-refractivity contribution in [3.63, 3.8) is 0 Å². The number of rotatable bonds is 3. The summed E-state index contributed by atoms with van der Waals surface area (Å²) in [7, 11) is 1.65. The Morgan fingerprint density at radius 3 is 2.56 bits per heavy atom. The maximum absolute atomic E-state index is 5.76. The lowest BCUT2D eigenvalue weighted by Gasteiger charge is -2.11. The molecule has 0 aliphatic rings. The lowest BCUT2D eigenvalue weighted by molar-refractivity contribution is 0.416. The van der Waals surface area contributed by atoms with Crippen molar-refractivity contribution in [1.29, 1.82) is 0 Å². The number of hydrogen-bond donors (Lipinski definition) is 1. The van der Waals surface area contributed by atoms with Crippen LogP contribution in [-0.2, 0) is 0 Å². The molecule has 0 bridgehead atoms. The van der Waals surface area contributed by atoms with Crippen molar-refractivity contribution >= 4 is 5.95 Å². The fourth-order valence-corrected chi connectivity index (χ4v) is 1.78. The molecule has 0 aliphatic carbocycles. The van der Waals surface area contributed by atoms with Gasteiger partial charge >= 0.3 is 0 Å². The summed E-state index contributed by atoms with van der Waals surface area (Å²) >= 11 is 0. The van der Waals surface area contributed by atoms with Crippen LogP contribution in [0.1, 0.15) is 25.5 Å². The zero-order valence-corrected chi connectivity index (χ0v) is 10.8. The van der Waals surface area contributed by atoms with Crippen molar-refractivity contribution in [3.8, 4) is 17.0 Å². The highest BCUT2D eigenvalue weighted by atomic mass is 16.5. The van der Waals surface area contributed by atoms with E-state index in [4.69, 9.17) is 10.5 Å². The fourth-order valence-electron chi connectivity index (χ4n) is 1.78.